The van der Waals surface area contributed by atoms with Crippen LogP contribution in [0.5, 0.6) is 0 Å². The number of amides is 3. The number of aryl methyl sites for hydroxylation is 1. The molecule has 0 spiro atoms. The second-order valence-corrected chi connectivity index (χ2v) is 9.05. The van der Waals surface area contributed by atoms with Crippen LogP contribution in [0, 0.1) is 0 Å². The molecule has 2 aromatic rings. The van der Waals surface area contributed by atoms with Crippen molar-refractivity contribution >= 4 is 36.0 Å². The van der Waals surface area contributed by atoms with Crippen molar-refractivity contribution < 1.29 is 9.59 Å². The number of anilines is 1. The van der Waals surface area contributed by atoms with Crippen LogP contribution in [-0.4, -0.2) is 65.5 Å². The predicted molar refractivity (Wildman–Crippen MR) is 129 cm³/mol. The summed E-state index contributed by atoms with van der Waals surface area (Å²) in [4.78, 5) is 28.5. The number of hydrogen-bond donors (Lipinski definition) is 2. The van der Waals surface area contributed by atoms with Gasteiger partial charge in [-0.25, -0.2) is 4.79 Å². The van der Waals surface area contributed by atoms with Crippen molar-refractivity contribution in [2.45, 2.75) is 38.9 Å². The van der Waals surface area contributed by atoms with Crippen molar-refractivity contribution in [3.8, 4) is 0 Å². The van der Waals surface area contributed by atoms with Crippen molar-refractivity contribution in [3.05, 3.63) is 48.2 Å². The van der Waals surface area contributed by atoms with Crippen LogP contribution in [0.3, 0.4) is 0 Å². The monoisotopic (exact) mass is 435 g/mol. The lowest BCUT2D eigenvalue weighted by Crippen LogP contribution is -2.51. The van der Waals surface area contributed by atoms with Crippen LogP contribution in [0.1, 0.15) is 32.0 Å². The highest BCUT2D eigenvalue weighted by Gasteiger charge is 2.44. The number of aromatic nitrogens is 2. The molecule has 1 unspecified atom stereocenters. The Balaban J connectivity index is 1.77. The molecule has 1 radical (unpaired) electrons. The fraction of sp³-hybridized carbons (Fsp3) is 0.435. The third-order valence-electron chi connectivity index (χ3n) is 5.67. The Bertz CT molecular complexity index is 1010. The average Bonchev–Trinajstić information content (AvgIpc) is 3.17. The highest BCUT2D eigenvalue weighted by atomic mass is 16.2. The number of nitrogens with zero attached hydrogens (tertiary/aromatic N) is 4. The molecular weight excluding hydrogens is 403 g/mol. The molecule has 1 aromatic carbocycles. The second-order valence-electron chi connectivity index (χ2n) is 9.05. The van der Waals surface area contributed by atoms with Crippen molar-refractivity contribution in [3.63, 3.8) is 0 Å². The fourth-order valence-corrected chi connectivity index (χ4v) is 4.33. The largest absolute Gasteiger partial charge is 0.334 e. The van der Waals surface area contributed by atoms with Gasteiger partial charge in [0.15, 0.2) is 0 Å². The van der Waals surface area contributed by atoms with E-state index in [4.69, 9.17) is 5.10 Å². The highest BCUT2D eigenvalue weighted by Crippen LogP contribution is 2.37. The standard InChI is InChI=1S/C23H32BN6O2/c1-8-19(31)26-17-11-9-16(10-12-17)24-21-18-14-30(22(32)25-15(2)13-28(5)6)23(3,4)20(18)29(7)27-21/h8-12,15H,1,13-14H2,2-7H3,(H,25,32)(H,26,31). The van der Waals surface area contributed by atoms with Gasteiger partial charge in [-0.3, -0.25) is 9.48 Å². The Kier molecular flexibility index (Phi) is 6.78. The number of rotatable bonds is 7. The first-order valence-electron chi connectivity index (χ1n) is 10.7. The van der Waals surface area contributed by atoms with Crippen molar-refractivity contribution in [2.24, 2.45) is 7.05 Å². The quantitative estimate of drug-likeness (QED) is 0.501. The Morgan fingerprint density at radius 1 is 1.31 bits per heavy atom. The maximum Gasteiger partial charge on any atom is 0.318 e. The van der Waals surface area contributed by atoms with Crippen LogP contribution in [0.15, 0.2) is 36.9 Å². The van der Waals surface area contributed by atoms with Crippen molar-refractivity contribution in [1.82, 2.24) is 24.9 Å². The van der Waals surface area contributed by atoms with E-state index in [2.05, 4.69) is 36.0 Å². The maximum absolute atomic E-state index is 13.1. The Hall–Kier alpha value is -3.07. The van der Waals surface area contributed by atoms with Crippen LogP contribution in [-0.2, 0) is 23.9 Å². The molecule has 2 heterocycles. The van der Waals surface area contributed by atoms with E-state index in [1.807, 2.05) is 69.2 Å². The summed E-state index contributed by atoms with van der Waals surface area (Å²) in [6, 6.07) is 7.49. The van der Waals surface area contributed by atoms with Gasteiger partial charge in [-0.2, -0.15) is 5.10 Å². The van der Waals surface area contributed by atoms with Crippen molar-refractivity contribution in [1.29, 1.82) is 0 Å². The van der Waals surface area contributed by atoms with Gasteiger partial charge in [-0.15, -0.1) is 0 Å². The van der Waals surface area contributed by atoms with E-state index >= 15 is 0 Å². The SMILES string of the molecule is C=CC(=O)Nc1ccc([B]c2nn(C)c3c2CN(C(=O)NC(C)CN(C)C)C3(C)C)cc1. The minimum absolute atomic E-state index is 0.0428. The second kappa shape index (κ2) is 9.20. The molecule has 0 fully saturated rings. The molecule has 0 saturated heterocycles. The lowest BCUT2D eigenvalue weighted by molar-refractivity contribution is -0.111. The Labute approximate surface area is 190 Å². The molecule has 3 rings (SSSR count). The lowest BCUT2D eigenvalue weighted by Gasteiger charge is -2.34. The molecule has 1 aromatic heterocycles. The average molecular weight is 435 g/mol. The third kappa shape index (κ3) is 4.88. The van der Waals surface area contributed by atoms with Crippen molar-refractivity contribution in [2.75, 3.05) is 26.0 Å². The molecule has 32 heavy (non-hydrogen) atoms. The smallest absolute Gasteiger partial charge is 0.318 e. The number of benzene rings is 1. The van der Waals surface area contributed by atoms with Gasteiger partial charge in [-0.1, -0.05) is 24.2 Å². The molecule has 2 N–H and O–H groups in total. The molecule has 3 amide bonds. The normalized spacial score (nSPS) is 15.3. The molecule has 1 aliphatic heterocycles. The Morgan fingerprint density at radius 3 is 2.56 bits per heavy atom. The fourth-order valence-electron chi connectivity index (χ4n) is 4.33. The molecular formula is C23H32BN6O2. The zero-order chi connectivity index (χ0) is 23.6. The molecule has 8 nitrogen and oxygen atoms in total. The summed E-state index contributed by atoms with van der Waals surface area (Å²) in [5, 5.41) is 10.6. The van der Waals surface area contributed by atoms with Gasteiger partial charge in [0.2, 0.25) is 13.2 Å². The lowest BCUT2D eigenvalue weighted by atomic mass is 9.65. The number of likely N-dealkylation sites (N-methyl/N-ethyl adjacent to an activating group) is 1. The zero-order valence-electron chi connectivity index (χ0n) is 19.8. The minimum atomic E-state index is -0.482. The molecule has 1 atom stereocenters. The maximum atomic E-state index is 13.1. The van der Waals surface area contributed by atoms with Gasteiger partial charge < -0.3 is 20.4 Å². The first-order valence-corrected chi connectivity index (χ1v) is 10.7. The van der Waals surface area contributed by atoms with Crippen LogP contribution in [0.4, 0.5) is 10.5 Å². The summed E-state index contributed by atoms with van der Waals surface area (Å²) in [6.07, 6.45) is 1.24. The van der Waals surface area contributed by atoms with Gasteiger partial charge >= 0.3 is 6.03 Å². The van der Waals surface area contributed by atoms with E-state index in [0.29, 0.717) is 12.2 Å². The van der Waals surface area contributed by atoms with Crippen LogP contribution >= 0.6 is 0 Å². The Morgan fingerprint density at radius 2 is 1.97 bits per heavy atom. The van der Waals surface area contributed by atoms with Gasteiger partial charge in [0.25, 0.3) is 0 Å². The van der Waals surface area contributed by atoms with Gasteiger partial charge in [0, 0.05) is 36.5 Å². The minimum Gasteiger partial charge on any atom is -0.334 e. The number of fused-ring (bicyclic) bond motifs is 1. The van der Waals surface area contributed by atoms with Crippen LogP contribution in [0.2, 0.25) is 0 Å². The first kappa shape index (κ1) is 23.6. The number of nitrogens with one attached hydrogen (secondary N) is 2. The van der Waals surface area contributed by atoms with E-state index in [1.54, 1.807) is 0 Å². The summed E-state index contributed by atoms with van der Waals surface area (Å²) in [6.45, 7) is 10.8. The molecule has 0 saturated carbocycles. The molecule has 1 aliphatic rings. The van der Waals surface area contributed by atoms with E-state index < -0.39 is 5.54 Å². The van der Waals surface area contributed by atoms with Gasteiger partial charge in [0.1, 0.15) is 0 Å². The third-order valence-corrected chi connectivity index (χ3v) is 5.67. The summed E-state index contributed by atoms with van der Waals surface area (Å²) in [7, 11) is 7.91. The van der Waals surface area contributed by atoms with E-state index in [0.717, 1.165) is 28.9 Å². The van der Waals surface area contributed by atoms with Crippen LogP contribution in [0.25, 0.3) is 0 Å². The molecule has 169 valence electrons. The summed E-state index contributed by atoms with van der Waals surface area (Å²) < 4.78 is 1.87. The van der Waals surface area contributed by atoms with Crippen LogP contribution < -0.4 is 21.7 Å². The summed E-state index contributed by atoms with van der Waals surface area (Å²) in [5.74, 6) is -0.246. The number of urea groups is 1. The molecule has 0 aliphatic carbocycles. The summed E-state index contributed by atoms with van der Waals surface area (Å²) >= 11 is 0. The summed E-state index contributed by atoms with van der Waals surface area (Å²) in [5.41, 5.74) is 4.11. The van der Waals surface area contributed by atoms with E-state index in [9.17, 15) is 9.59 Å². The predicted octanol–water partition coefficient (Wildman–Crippen LogP) is 0.910. The molecule has 9 heteroatoms. The highest BCUT2D eigenvalue weighted by molar-refractivity contribution is 6.67. The number of carbonyl (C=O) groups excluding carboxylic acids is 2. The van der Waals surface area contributed by atoms with E-state index in [-0.39, 0.29) is 18.0 Å². The van der Waals surface area contributed by atoms with Gasteiger partial charge in [0.05, 0.1) is 17.8 Å². The zero-order valence-corrected chi connectivity index (χ0v) is 19.8. The van der Waals surface area contributed by atoms with Gasteiger partial charge in [-0.05, 0) is 53.1 Å². The number of hydrogen-bond acceptors (Lipinski definition) is 4. The van der Waals surface area contributed by atoms with E-state index in [1.165, 1.54) is 6.08 Å². The molecule has 0 bridgehead atoms. The number of carbonyl (C=O) groups is 2. The first-order chi connectivity index (χ1) is 15.0. The topological polar surface area (TPSA) is 82.5 Å².